The van der Waals surface area contributed by atoms with Gasteiger partial charge in [0.05, 0.1) is 12.2 Å². The van der Waals surface area contributed by atoms with Gasteiger partial charge in [0.25, 0.3) is 5.91 Å². The van der Waals surface area contributed by atoms with Gasteiger partial charge in [0, 0.05) is 19.5 Å². The molecule has 0 N–H and O–H groups in total. The van der Waals surface area contributed by atoms with E-state index in [0.29, 0.717) is 35.3 Å². The second-order valence-electron chi connectivity index (χ2n) is 7.58. The number of anilines is 1. The number of hydrogen-bond acceptors (Lipinski definition) is 8. The van der Waals surface area contributed by atoms with Crippen molar-refractivity contribution >= 4 is 23.2 Å². The van der Waals surface area contributed by atoms with Crippen LogP contribution in [-0.2, 0) is 11.3 Å². The Bertz CT molecular complexity index is 1410. The first-order valence-corrected chi connectivity index (χ1v) is 10.4. The summed E-state index contributed by atoms with van der Waals surface area (Å²) in [6.07, 6.45) is 1.45. The molecule has 0 spiro atoms. The molecule has 0 radical (unpaired) electrons. The summed E-state index contributed by atoms with van der Waals surface area (Å²) in [6, 6.07) is 14.8. The van der Waals surface area contributed by atoms with Crippen molar-refractivity contribution in [1.82, 2.24) is 25.0 Å². The average molecular weight is 457 g/mol. The number of carbonyl (C=O) groups is 2. The van der Waals surface area contributed by atoms with Gasteiger partial charge < -0.3 is 14.1 Å². The van der Waals surface area contributed by atoms with Gasteiger partial charge in [-0.2, -0.15) is 0 Å². The Balaban J connectivity index is 1.36. The summed E-state index contributed by atoms with van der Waals surface area (Å²) in [5.41, 5.74) is 2.08. The first kappa shape index (κ1) is 21.2. The molecule has 0 fully saturated rings. The van der Waals surface area contributed by atoms with Gasteiger partial charge in [-0.05, 0) is 23.8 Å². The summed E-state index contributed by atoms with van der Waals surface area (Å²) >= 11 is 0. The molecule has 2 aromatic carbocycles. The summed E-state index contributed by atoms with van der Waals surface area (Å²) in [7, 11) is 1.57. The smallest absolute Gasteiger partial charge is 0.317 e. The summed E-state index contributed by atoms with van der Waals surface area (Å²) in [5, 5.41) is 12.0. The third-order valence-electron chi connectivity index (χ3n) is 5.16. The highest BCUT2D eigenvalue weighted by Crippen LogP contribution is 2.34. The molecule has 0 saturated carbocycles. The van der Waals surface area contributed by atoms with E-state index in [-0.39, 0.29) is 18.1 Å². The number of amides is 2. The van der Waals surface area contributed by atoms with Crippen LogP contribution in [0.5, 0.6) is 5.75 Å². The molecule has 0 unspecified atom stereocenters. The van der Waals surface area contributed by atoms with Crippen LogP contribution in [0.3, 0.4) is 0 Å². The average Bonchev–Trinajstić information content (AvgIpc) is 3.48. The first-order valence-electron chi connectivity index (χ1n) is 10.4. The van der Waals surface area contributed by atoms with E-state index in [9.17, 15) is 9.59 Å². The quantitative estimate of drug-likeness (QED) is 0.457. The zero-order chi connectivity index (χ0) is 23.7. The molecule has 0 bridgehead atoms. The van der Waals surface area contributed by atoms with Crippen LogP contribution in [0.25, 0.3) is 11.5 Å². The molecule has 1 aliphatic rings. The van der Waals surface area contributed by atoms with Gasteiger partial charge in [-0.15, -0.1) is 15.3 Å². The van der Waals surface area contributed by atoms with Crippen LogP contribution >= 0.6 is 0 Å². The van der Waals surface area contributed by atoms with E-state index in [1.54, 1.807) is 32.2 Å². The predicted molar refractivity (Wildman–Crippen MR) is 121 cm³/mol. The third kappa shape index (κ3) is 4.18. The monoisotopic (exact) mass is 457 g/mol. The second kappa shape index (κ2) is 8.70. The second-order valence-corrected chi connectivity index (χ2v) is 7.58. The number of ether oxygens (including phenoxy) is 1. The molecule has 0 saturated heterocycles. The highest BCUT2D eigenvalue weighted by molar-refractivity contribution is 6.46. The van der Waals surface area contributed by atoms with Crippen LogP contribution < -0.4 is 9.64 Å². The molecule has 170 valence electrons. The Hall–Kier alpha value is -4.67. The van der Waals surface area contributed by atoms with E-state index in [1.165, 1.54) is 15.9 Å². The Morgan fingerprint density at radius 1 is 1.15 bits per heavy atom. The number of hydrogen-bond donors (Lipinski definition) is 0. The van der Waals surface area contributed by atoms with E-state index >= 15 is 0 Å². The lowest BCUT2D eigenvalue weighted by Gasteiger charge is -2.16. The van der Waals surface area contributed by atoms with E-state index < -0.39 is 11.8 Å². The number of aromatic nitrogens is 5. The molecular formula is C23H19N7O4. The van der Waals surface area contributed by atoms with Gasteiger partial charge >= 0.3 is 5.91 Å². The molecule has 11 nitrogen and oxygen atoms in total. The number of aliphatic imine (C=N–C) groups is 1. The largest absolute Gasteiger partial charge is 0.485 e. The van der Waals surface area contributed by atoms with E-state index in [2.05, 4.69) is 25.3 Å². The SMILES string of the molecule is Cc1nnc(-c2ccc3c(c2)N(C)C(=O)C(=NC(=O)c2ncn(Cc4ccccc4)n2)CO3)o1. The zero-order valence-corrected chi connectivity index (χ0v) is 18.4. The molecule has 11 heteroatoms. The number of nitrogens with zero attached hydrogens (tertiary/aromatic N) is 7. The van der Waals surface area contributed by atoms with Gasteiger partial charge in [0.1, 0.15) is 24.4 Å². The lowest BCUT2D eigenvalue weighted by atomic mass is 10.1. The van der Waals surface area contributed by atoms with Crippen molar-refractivity contribution in [3.63, 3.8) is 0 Å². The van der Waals surface area contributed by atoms with Crippen LogP contribution in [0.15, 0.2) is 64.3 Å². The standard InChI is InChI=1S/C23H19N7O4/c1-14-26-27-22(34-14)16-8-9-19-18(10-16)29(2)23(32)17(12-33-19)25-21(31)20-24-13-30(28-20)11-15-6-4-3-5-7-15/h3-10,13H,11-12H2,1-2H3. The van der Waals surface area contributed by atoms with Gasteiger partial charge in [-0.3, -0.25) is 9.59 Å². The number of carbonyl (C=O) groups excluding carboxylic acids is 2. The normalized spacial score (nSPS) is 14.6. The van der Waals surface area contributed by atoms with E-state index in [0.717, 1.165) is 5.56 Å². The Morgan fingerprint density at radius 2 is 1.97 bits per heavy atom. The highest BCUT2D eigenvalue weighted by atomic mass is 16.5. The predicted octanol–water partition coefficient (Wildman–Crippen LogP) is 2.32. The fraction of sp³-hybridized carbons (Fsp3) is 0.174. The maximum atomic E-state index is 13.0. The molecule has 1 aliphatic heterocycles. The van der Waals surface area contributed by atoms with Crippen LogP contribution in [-0.4, -0.2) is 56.1 Å². The van der Waals surface area contributed by atoms with Crippen molar-refractivity contribution in [2.45, 2.75) is 13.5 Å². The minimum atomic E-state index is -0.722. The van der Waals surface area contributed by atoms with E-state index in [1.807, 2.05) is 30.3 Å². The van der Waals surface area contributed by atoms with Gasteiger partial charge in [-0.25, -0.2) is 14.7 Å². The first-order chi connectivity index (χ1) is 16.5. The van der Waals surface area contributed by atoms with Crippen LogP contribution in [0, 0.1) is 6.92 Å². The van der Waals surface area contributed by atoms with Crippen molar-refractivity contribution in [2.75, 3.05) is 18.6 Å². The summed E-state index contributed by atoms with van der Waals surface area (Å²) in [5.74, 6) is -0.0896. The van der Waals surface area contributed by atoms with Crippen molar-refractivity contribution in [3.05, 3.63) is 72.1 Å². The maximum Gasteiger partial charge on any atom is 0.317 e. The molecule has 0 atom stereocenters. The number of fused-ring (bicyclic) bond motifs is 1. The fourth-order valence-electron chi connectivity index (χ4n) is 3.45. The lowest BCUT2D eigenvalue weighted by Crippen LogP contribution is -2.34. The lowest BCUT2D eigenvalue weighted by molar-refractivity contribution is -0.112. The third-order valence-corrected chi connectivity index (χ3v) is 5.16. The Labute approximate surface area is 193 Å². The summed E-state index contributed by atoms with van der Waals surface area (Å²) < 4.78 is 12.8. The van der Waals surface area contributed by atoms with Crippen LogP contribution in [0.4, 0.5) is 5.69 Å². The van der Waals surface area contributed by atoms with Crippen molar-refractivity contribution < 1.29 is 18.7 Å². The van der Waals surface area contributed by atoms with Crippen molar-refractivity contribution in [1.29, 1.82) is 0 Å². The van der Waals surface area contributed by atoms with Gasteiger partial charge in [0.15, 0.2) is 0 Å². The van der Waals surface area contributed by atoms with Gasteiger partial charge in [-0.1, -0.05) is 30.3 Å². The number of aryl methyl sites for hydroxylation is 1. The van der Waals surface area contributed by atoms with Crippen molar-refractivity contribution in [3.8, 4) is 17.2 Å². The topological polar surface area (TPSA) is 129 Å². The fourth-order valence-corrected chi connectivity index (χ4v) is 3.45. The molecule has 2 amide bonds. The summed E-state index contributed by atoms with van der Waals surface area (Å²) in [4.78, 5) is 35.1. The Morgan fingerprint density at radius 3 is 2.74 bits per heavy atom. The van der Waals surface area contributed by atoms with E-state index in [4.69, 9.17) is 9.15 Å². The molecule has 4 aromatic rings. The Kier molecular flexibility index (Phi) is 5.42. The molecule has 34 heavy (non-hydrogen) atoms. The molecule has 3 heterocycles. The van der Waals surface area contributed by atoms with Crippen LogP contribution in [0.1, 0.15) is 22.1 Å². The molecule has 5 rings (SSSR count). The van der Waals surface area contributed by atoms with Crippen LogP contribution in [0.2, 0.25) is 0 Å². The van der Waals surface area contributed by atoms with Gasteiger partial charge in [0.2, 0.25) is 17.6 Å². The molecular weight excluding hydrogens is 438 g/mol. The number of benzene rings is 2. The van der Waals surface area contributed by atoms with Crippen molar-refractivity contribution in [2.24, 2.45) is 4.99 Å². The minimum absolute atomic E-state index is 0.0571. The molecule has 2 aromatic heterocycles. The number of rotatable bonds is 4. The maximum absolute atomic E-state index is 13.0. The minimum Gasteiger partial charge on any atom is -0.485 e. The highest BCUT2D eigenvalue weighted by Gasteiger charge is 2.28. The zero-order valence-electron chi connectivity index (χ0n) is 18.4. The molecule has 0 aliphatic carbocycles. The summed E-state index contributed by atoms with van der Waals surface area (Å²) in [6.45, 7) is 1.98.